The van der Waals surface area contributed by atoms with Gasteiger partial charge in [0.2, 0.25) is 0 Å². The van der Waals surface area contributed by atoms with Gasteiger partial charge in [-0.05, 0) is 40.2 Å². The van der Waals surface area contributed by atoms with Gasteiger partial charge in [-0.2, -0.15) is 0 Å². The molecule has 0 aromatic heterocycles. The number of amides is 1. The highest BCUT2D eigenvalue weighted by atomic mass is 79.9. The average molecular weight is 386 g/mol. The summed E-state index contributed by atoms with van der Waals surface area (Å²) in [6, 6.07) is 9.77. The second kappa shape index (κ2) is 5.63. The van der Waals surface area contributed by atoms with Gasteiger partial charge >= 0.3 is 0 Å². The lowest BCUT2D eigenvalue weighted by Crippen LogP contribution is -2.13. The molecule has 0 heterocycles. The van der Waals surface area contributed by atoms with Crippen LogP contribution in [0.15, 0.2) is 45.3 Å². The lowest BCUT2D eigenvalue weighted by atomic mass is 10.2. The summed E-state index contributed by atoms with van der Waals surface area (Å²) in [4.78, 5) is 12.1. The minimum absolute atomic E-state index is 0.0770. The van der Waals surface area contributed by atoms with Gasteiger partial charge in [0.1, 0.15) is 5.75 Å². The molecule has 0 radical (unpaired) electrons. The first-order valence-electron chi connectivity index (χ1n) is 5.33. The molecule has 0 aliphatic heterocycles. The number of phenolic OH excluding ortho intramolecular Hbond substituents is 1. The minimum atomic E-state index is -0.423. The van der Waals surface area contributed by atoms with Crippen LogP contribution in [0.2, 0.25) is 0 Å². The van der Waals surface area contributed by atoms with E-state index in [9.17, 15) is 9.90 Å². The van der Waals surface area contributed by atoms with Gasteiger partial charge in [-0.3, -0.25) is 4.79 Å². The predicted molar refractivity (Wildman–Crippen MR) is 82.3 cm³/mol. The highest BCUT2D eigenvalue weighted by Gasteiger charge is 2.14. The smallest absolute Gasteiger partial charge is 0.259 e. The van der Waals surface area contributed by atoms with Crippen molar-refractivity contribution in [2.24, 2.45) is 0 Å². The van der Waals surface area contributed by atoms with E-state index in [0.717, 1.165) is 4.47 Å². The normalized spacial score (nSPS) is 10.2. The third kappa shape index (κ3) is 3.08. The molecule has 2 aromatic rings. The minimum Gasteiger partial charge on any atom is -0.507 e. The quantitative estimate of drug-likeness (QED) is 0.689. The number of carbonyl (C=O) groups is 1. The summed E-state index contributed by atoms with van der Waals surface area (Å²) >= 11 is 6.64. The number of carbonyl (C=O) groups excluding carboxylic acids is 1. The molecule has 4 nitrogen and oxygen atoms in total. The summed E-state index contributed by atoms with van der Waals surface area (Å²) in [5.74, 6) is -0.500. The Balaban J connectivity index is 2.32. The molecule has 2 rings (SSSR count). The van der Waals surface area contributed by atoms with E-state index in [0.29, 0.717) is 15.8 Å². The molecule has 2 aromatic carbocycles. The van der Waals surface area contributed by atoms with Crippen LogP contribution in [-0.4, -0.2) is 11.0 Å². The topological polar surface area (TPSA) is 75.3 Å². The monoisotopic (exact) mass is 384 g/mol. The van der Waals surface area contributed by atoms with Crippen LogP contribution in [0.3, 0.4) is 0 Å². The Hall–Kier alpha value is -1.53. The first-order valence-corrected chi connectivity index (χ1v) is 6.91. The number of nitrogens with two attached hydrogens (primary N) is 1. The largest absolute Gasteiger partial charge is 0.507 e. The Kier molecular flexibility index (Phi) is 4.11. The van der Waals surface area contributed by atoms with E-state index in [2.05, 4.69) is 37.2 Å². The number of hydrogen-bond donors (Lipinski definition) is 3. The third-order valence-corrected chi connectivity index (χ3v) is 3.56. The maximum atomic E-state index is 12.1. The lowest BCUT2D eigenvalue weighted by molar-refractivity contribution is 0.102. The maximum absolute atomic E-state index is 12.1. The van der Waals surface area contributed by atoms with Crippen molar-refractivity contribution in [2.45, 2.75) is 0 Å². The molecule has 0 bridgehead atoms. The van der Waals surface area contributed by atoms with Crippen molar-refractivity contribution >= 4 is 49.1 Å². The first-order chi connectivity index (χ1) is 8.99. The number of anilines is 2. The highest BCUT2D eigenvalue weighted by molar-refractivity contribution is 9.11. The van der Waals surface area contributed by atoms with Crippen molar-refractivity contribution in [1.29, 1.82) is 0 Å². The average Bonchev–Trinajstić information content (AvgIpc) is 2.34. The van der Waals surface area contributed by atoms with Gasteiger partial charge in [-0.1, -0.05) is 28.1 Å². The molecule has 0 aliphatic carbocycles. The molecular formula is C13H10Br2N2O2. The number of aromatic hydroxyl groups is 1. The van der Waals surface area contributed by atoms with Crippen LogP contribution < -0.4 is 11.1 Å². The Morgan fingerprint density at radius 2 is 1.89 bits per heavy atom. The van der Waals surface area contributed by atoms with Crippen LogP contribution in [0, 0.1) is 0 Å². The van der Waals surface area contributed by atoms with Crippen molar-refractivity contribution in [1.82, 2.24) is 0 Å². The van der Waals surface area contributed by atoms with Gasteiger partial charge < -0.3 is 16.2 Å². The molecular weight excluding hydrogens is 376 g/mol. The molecule has 0 atom stereocenters. The Morgan fingerprint density at radius 3 is 2.53 bits per heavy atom. The number of benzene rings is 2. The van der Waals surface area contributed by atoms with E-state index in [1.54, 1.807) is 24.3 Å². The van der Waals surface area contributed by atoms with Gasteiger partial charge in [0, 0.05) is 8.95 Å². The van der Waals surface area contributed by atoms with Crippen molar-refractivity contribution in [3.63, 3.8) is 0 Å². The number of halogens is 2. The van der Waals surface area contributed by atoms with E-state index in [-0.39, 0.29) is 11.3 Å². The van der Waals surface area contributed by atoms with Gasteiger partial charge in [0.05, 0.1) is 16.9 Å². The zero-order valence-electron chi connectivity index (χ0n) is 9.65. The summed E-state index contributed by atoms with van der Waals surface area (Å²) < 4.78 is 1.46. The first kappa shape index (κ1) is 13.9. The van der Waals surface area contributed by atoms with Crippen molar-refractivity contribution < 1.29 is 9.90 Å². The third-order valence-electron chi connectivity index (χ3n) is 2.47. The van der Waals surface area contributed by atoms with Gasteiger partial charge in [0.15, 0.2) is 0 Å². The standard InChI is InChI=1S/C13H10Br2N2O2/c14-7-5-9(15)12(10(16)6-7)17-13(19)8-3-1-2-4-11(8)18/h1-6,18H,16H2,(H,17,19). The Bertz CT molecular complexity index is 621. The molecule has 0 unspecified atom stereocenters. The van der Waals surface area contributed by atoms with Crippen LogP contribution >= 0.6 is 31.9 Å². The van der Waals surface area contributed by atoms with Crippen LogP contribution in [0.5, 0.6) is 5.75 Å². The van der Waals surface area contributed by atoms with E-state index >= 15 is 0 Å². The molecule has 0 saturated heterocycles. The molecule has 0 spiro atoms. The fourth-order valence-electron chi connectivity index (χ4n) is 1.57. The summed E-state index contributed by atoms with van der Waals surface area (Å²) in [5.41, 5.74) is 6.93. The summed E-state index contributed by atoms with van der Waals surface area (Å²) in [5, 5.41) is 12.3. The zero-order valence-corrected chi connectivity index (χ0v) is 12.8. The number of para-hydroxylation sites is 1. The molecule has 4 N–H and O–H groups in total. The van der Waals surface area contributed by atoms with E-state index in [1.165, 1.54) is 12.1 Å². The summed E-state index contributed by atoms with van der Waals surface area (Å²) in [7, 11) is 0. The Labute approximate surface area is 126 Å². The van der Waals surface area contributed by atoms with Crippen molar-refractivity contribution in [3.8, 4) is 5.75 Å². The van der Waals surface area contributed by atoms with Gasteiger partial charge in [0.25, 0.3) is 5.91 Å². The van der Waals surface area contributed by atoms with Crippen LogP contribution in [0.25, 0.3) is 0 Å². The van der Waals surface area contributed by atoms with Crippen LogP contribution in [0.1, 0.15) is 10.4 Å². The molecule has 0 aliphatic rings. The van der Waals surface area contributed by atoms with E-state index in [4.69, 9.17) is 5.73 Å². The predicted octanol–water partition coefficient (Wildman–Crippen LogP) is 3.75. The number of nitrogens with one attached hydrogen (secondary N) is 1. The lowest BCUT2D eigenvalue weighted by Gasteiger charge is -2.11. The summed E-state index contributed by atoms with van der Waals surface area (Å²) in [6.45, 7) is 0. The molecule has 98 valence electrons. The molecule has 1 amide bonds. The highest BCUT2D eigenvalue weighted by Crippen LogP contribution is 2.33. The number of rotatable bonds is 2. The SMILES string of the molecule is Nc1cc(Br)cc(Br)c1NC(=O)c1ccccc1O. The number of hydrogen-bond acceptors (Lipinski definition) is 3. The number of nitrogen functional groups attached to an aromatic ring is 1. The van der Waals surface area contributed by atoms with Crippen molar-refractivity contribution in [3.05, 3.63) is 50.9 Å². The van der Waals surface area contributed by atoms with E-state index in [1.807, 2.05) is 0 Å². The van der Waals surface area contributed by atoms with E-state index < -0.39 is 5.91 Å². The second-order valence-electron chi connectivity index (χ2n) is 3.82. The molecule has 19 heavy (non-hydrogen) atoms. The van der Waals surface area contributed by atoms with Crippen LogP contribution in [0.4, 0.5) is 11.4 Å². The zero-order chi connectivity index (χ0) is 14.0. The molecule has 0 fully saturated rings. The summed E-state index contributed by atoms with van der Waals surface area (Å²) in [6.07, 6.45) is 0. The van der Waals surface area contributed by atoms with Crippen LogP contribution in [-0.2, 0) is 0 Å². The fraction of sp³-hybridized carbons (Fsp3) is 0. The fourth-order valence-corrected chi connectivity index (χ4v) is 2.93. The van der Waals surface area contributed by atoms with Crippen molar-refractivity contribution in [2.75, 3.05) is 11.1 Å². The van der Waals surface area contributed by atoms with Gasteiger partial charge in [-0.25, -0.2) is 0 Å². The second-order valence-corrected chi connectivity index (χ2v) is 5.59. The van der Waals surface area contributed by atoms with Gasteiger partial charge in [-0.15, -0.1) is 0 Å². The molecule has 6 heteroatoms. The molecule has 0 saturated carbocycles. The Morgan fingerprint density at radius 1 is 1.21 bits per heavy atom. The maximum Gasteiger partial charge on any atom is 0.259 e. The number of phenols is 1.